The number of halogens is 1. The number of carbonyl (C=O) groups is 2. The summed E-state index contributed by atoms with van der Waals surface area (Å²) in [6, 6.07) is 11.1. The number of nitrogens with one attached hydrogen (secondary N) is 1. The summed E-state index contributed by atoms with van der Waals surface area (Å²) in [6.07, 6.45) is 1.84. The third-order valence-corrected chi connectivity index (χ3v) is 7.21. The van der Waals surface area contributed by atoms with Crippen molar-refractivity contribution in [3.8, 4) is 0 Å². The molecule has 7 nitrogen and oxygen atoms in total. The van der Waals surface area contributed by atoms with Gasteiger partial charge in [-0.2, -0.15) is 4.31 Å². The van der Waals surface area contributed by atoms with Crippen LogP contribution >= 0.6 is 0 Å². The summed E-state index contributed by atoms with van der Waals surface area (Å²) in [5.74, 6) is -0.672. The number of rotatable bonds is 5. The van der Waals surface area contributed by atoms with Crippen LogP contribution in [0, 0.1) is 11.7 Å². The summed E-state index contributed by atoms with van der Waals surface area (Å²) < 4.78 is 40.4. The predicted molar refractivity (Wildman–Crippen MR) is 109 cm³/mol. The van der Waals surface area contributed by atoms with Gasteiger partial charge in [0.15, 0.2) is 0 Å². The molecule has 1 aliphatic heterocycles. The molecule has 1 N–H and O–H groups in total. The monoisotopic (exact) mass is 431 g/mol. The highest BCUT2D eigenvalue weighted by atomic mass is 32.2. The van der Waals surface area contributed by atoms with Crippen LogP contribution in [0.5, 0.6) is 0 Å². The van der Waals surface area contributed by atoms with Crippen LogP contribution < -0.4 is 5.32 Å². The predicted octanol–water partition coefficient (Wildman–Crippen LogP) is 2.32. The maximum Gasteiger partial charge on any atom is 0.255 e. The van der Waals surface area contributed by atoms with Crippen molar-refractivity contribution in [3.63, 3.8) is 0 Å². The first kappa shape index (κ1) is 20.5. The van der Waals surface area contributed by atoms with E-state index in [0.29, 0.717) is 18.8 Å². The lowest BCUT2D eigenvalue weighted by Gasteiger charge is -2.34. The Morgan fingerprint density at radius 2 is 1.63 bits per heavy atom. The van der Waals surface area contributed by atoms with Crippen LogP contribution in [0.3, 0.4) is 0 Å². The fraction of sp³-hybridized carbons (Fsp3) is 0.333. The van der Waals surface area contributed by atoms with E-state index in [2.05, 4.69) is 5.32 Å². The van der Waals surface area contributed by atoms with E-state index in [1.165, 1.54) is 52.8 Å². The van der Waals surface area contributed by atoms with Gasteiger partial charge in [-0.25, -0.2) is 12.8 Å². The molecule has 1 saturated heterocycles. The molecule has 2 aromatic carbocycles. The maximum atomic E-state index is 13.0. The highest BCUT2D eigenvalue weighted by Gasteiger charge is 2.36. The summed E-state index contributed by atoms with van der Waals surface area (Å²) in [4.78, 5) is 26.4. The van der Waals surface area contributed by atoms with Gasteiger partial charge in [0.1, 0.15) is 5.82 Å². The van der Waals surface area contributed by atoms with Gasteiger partial charge >= 0.3 is 0 Å². The first-order valence-corrected chi connectivity index (χ1v) is 11.2. The minimum atomic E-state index is -3.78. The van der Waals surface area contributed by atoms with Gasteiger partial charge in [-0.3, -0.25) is 9.59 Å². The Morgan fingerprint density at radius 3 is 2.27 bits per heavy atom. The van der Waals surface area contributed by atoms with E-state index in [0.717, 1.165) is 12.8 Å². The van der Waals surface area contributed by atoms with Gasteiger partial charge in [0, 0.05) is 43.3 Å². The standard InChI is InChI=1S/C21H22FN3O4S/c22-17-6-8-18(9-7-17)23-20(26)16-2-1-3-19(14-16)30(28,29)25-12-10-24(11-13-25)21(27)15-4-5-15/h1-3,6-9,14-15H,4-5,10-13H2,(H,23,26). The highest BCUT2D eigenvalue weighted by molar-refractivity contribution is 7.89. The Bertz CT molecular complexity index is 1060. The third-order valence-electron chi connectivity index (χ3n) is 5.31. The summed E-state index contributed by atoms with van der Waals surface area (Å²) in [5, 5.41) is 2.62. The Kier molecular flexibility index (Phi) is 5.57. The average molecular weight is 431 g/mol. The molecular weight excluding hydrogens is 409 g/mol. The molecule has 0 radical (unpaired) electrons. The van der Waals surface area contributed by atoms with Crippen LogP contribution in [0.4, 0.5) is 10.1 Å². The van der Waals surface area contributed by atoms with Crippen LogP contribution in [0.1, 0.15) is 23.2 Å². The number of piperazine rings is 1. The molecule has 4 rings (SSSR count). The molecule has 2 aliphatic rings. The van der Waals surface area contributed by atoms with Gasteiger partial charge in [0.05, 0.1) is 4.90 Å². The van der Waals surface area contributed by atoms with Crippen LogP contribution in [0.2, 0.25) is 0 Å². The quantitative estimate of drug-likeness (QED) is 0.787. The Morgan fingerprint density at radius 1 is 0.967 bits per heavy atom. The number of hydrogen-bond acceptors (Lipinski definition) is 4. The molecule has 0 aromatic heterocycles. The van der Waals surface area contributed by atoms with Crippen molar-refractivity contribution in [2.24, 2.45) is 5.92 Å². The first-order valence-electron chi connectivity index (χ1n) is 9.80. The number of nitrogens with zero attached hydrogens (tertiary/aromatic N) is 2. The molecule has 158 valence electrons. The van der Waals surface area contributed by atoms with Gasteiger partial charge in [-0.05, 0) is 55.3 Å². The van der Waals surface area contributed by atoms with E-state index >= 15 is 0 Å². The summed E-state index contributed by atoms with van der Waals surface area (Å²) in [5.41, 5.74) is 0.592. The Hall–Kier alpha value is -2.78. The molecule has 2 amide bonds. The van der Waals surface area contributed by atoms with Crippen molar-refractivity contribution >= 4 is 27.5 Å². The molecule has 0 spiro atoms. The zero-order chi connectivity index (χ0) is 21.3. The molecule has 30 heavy (non-hydrogen) atoms. The SMILES string of the molecule is O=C(Nc1ccc(F)cc1)c1cccc(S(=O)(=O)N2CCN(C(=O)C3CC3)CC2)c1. The number of hydrogen-bond donors (Lipinski definition) is 1. The number of carbonyl (C=O) groups excluding carboxylic acids is 2. The molecule has 1 heterocycles. The maximum absolute atomic E-state index is 13.0. The van der Waals surface area contributed by atoms with Gasteiger partial charge in [0.2, 0.25) is 15.9 Å². The normalized spacial score (nSPS) is 17.6. The van der Waals surface area contributed by atoms with Crippen LogP contribution in [0.25, 0.3) is 0 Å². The molecular formula is C21H22FN3O4S. The van der Waals surface area contributed by atoms with E-state index in [-0.39, 0.29) is 35.4 Å². The van der Waals surface area contributed by atoms with E-state index in [1.54, 1.807) is 4.90 Å². The zero-order valence-corrected chi connectivity index (χ0v) is 17.1. The number of amides is 2. The zero-order valence-electron chi connectivity index (χ0n) is 16.3. The lowest BCUT2D eigenvalue weighted by Crippen LogP contribution is -2.50. The van der Waals surface area contributed by atoms with Crippen molar-refractivity contribution in [2.75, 3.05) is 31.5 Å². The number of anilines is 1. The van der Waals surface area contributed by atoms with Crippen LogP contribution in [-0.4, -0.2) is 55.6 Å². The third kappa shape index (κ3) is 4.36. The minimum Gasteiger partial charge on any atom is -0.340 e. The van der Waals surface area contributed by atoms with Crippen molar-refractivity contribution in [3.05, 3.63) is 59.9 Å². The van der Waals surface area contributed by atoms with Crippen molar-refractivity contribution in [1.82, 2.24) is 9.21 Å². The molecule has 1 saturated carbocycles. The molecule has 2 aromatic rings. The second kappa shape index (κ2) is 8.16. The van der Waals surface area contributed by atoms with Crippen molar-refractivity contribution < 1.29 is 22.4 Å². The van der Waals surface area contributed by atoms with Gasteiger partial charge in [-0.1, -0.05) is 6.07 Å². The average Bonchev–Trinajstić information content (AvgIpc) is 3.60. The second-order valence-corrected chi connectivity index (χ2v) is 9.43. The van der Waals surface area contributed by atoms with Gasteiger partial charge in [-0.15, -0.1) is 0 Å². The lowest BCUT2D eigenvalue weighted by molar-refractivity contribution is -0.133. The van der Waals surface area contributed by atoms with E-state index in [1.807, 2.05) is 0 Å². The van der Waals surface area contributed by atoms with E-state index in [9.17, 15) is 22.4 Å². The largest absolute Gasteiger partial charge is 0.340 e. The van der Waals surface area contributed by atoms with E-state index < -0.39 is 21.7 Å². The van der Waals surface area contributed by atoms with Crippen LogP contribution in [-0.2, 0) is 14.8 Å². The fourth-order valence-corrected chi connectivity index (χ4v) is 4.89. The summed E-state index contributed by atoms with van der Waals surface area (Å²) >= 11 is 0. The molecule has 0 unspecified atom stereocenters. The topological polar surface area (TPSA) is 86.8 Å². The molecule has 9 heteroatoms. The Labute approximate surface area is 174 Å². The fourth-order valence-electron chi connectivity index (χ4n) is 3.42. The minimum absolute atomic E-state index is 0.0243. The van der Waals surface area contributed by atoms with E-state index in [4.69, 9.17) is 0 Å². The summed E-state index contributed by atoms with van der Waals surface area (Å²) in [6.45, 7) is 1.21. The van der Waals surface area contributed by atoms with Gasteiger partial charge < -0.3 is 10.2 Å². The van der Waals surface area contributed by atoms with Crippen molar-refractivity contribution in [2.45, 2.75) is 17.7 Å². The molecule has 1 aliphatic carbocycles. The van der Waals surface area contributed by atoms with Crippen molar-refractivity contribution in [1.29, 1.82) is 0 Å². The first-order chi connectivity index (χ1) is 14.3. The Balaban J connectivity index is 1.45. The van der Waals surface area contributed by atoms with Gasteiger partial charge in [0.25, 0.3) is 5.91 Å². The number of sulfonamides is 1. The lowest BCUT2D eigenvalue weighted by atomic mass is 10.2. The molecule has 2 fully saturated rings. The number of benzene rings is 2. The molecule has 0 atom stereocenters. The summed E-state index contributed by atoms with van der Waals surface area (Å²) in [7, 11) is -3.78. The second-order valence-electron chi connectivity index (χ2n) is 7.49. The molecule has 0 bridgehead atoms. The smallest absolute Gasteiger partial charge is 0.255 e. The van der Waals surface area contributed by atoms with Crippen LogP contribution in [0.15, 0.2) is 53.4 Å². The highest BCUT2D eigenvalue weighted by Crippen LogP contribution is 2.31.